The molecule has 0 saturated heterocycles. The van der Waals surface area contributed by atoms with Crippen LogP contribution in [0.1, 0.15) is 64.5 Å². The molecule has 1 aromatic carbocycles. The smallest absolute Gasteiger partial charge is 0.222 e. The van der Waals surface area contributed by atoms with Crippen LogP contribution in [-0.2, 0) is 9.59 Å². The third-order valence-corrected chi connectivity index (χ3v) is 3.93. The van der Waals surface area contributed by atoms with Crippen LogP contribution in [0.5, 0.6) is 5.75 Å². The fourth-order valence-corrected chi connectivity index (χ4v) is 2.63. The number of amides is 2. The molecule has 5 nitrogen and oxygen atoms in total. The lowest BCUT2D eigenvalue weighted by molar-refractivity contribution is -0.123. The van der Waals surface area contributed by atoms with Crippen LogP contribution >= 0.6 is 0 Å². The summed E-state index contributed by atoms with van der Waals surface area (Å²) in [6.07, 6.45) is 4.67. The second-order valence-electron chi connectivity index (χ2n) is 6.19. The summed E-state index contributed by atoms with van der Waals surface area (Å²) >= 11 is 0. The molecule has 0 aliphatic heterocycles. The van der Waals surface area contributed by atoms with Gasteiger partial charge in [-0.1, -0.05) is 38.3 Å². The van der Waals surface area contributed by atoms with E-state index in [0.29, 0.717) is 0 Å². The minimum Gasteiger partial charge on any atom is -0.497 e. The first-order valence-corrected chi connectivity index (χ1v) is 8.66. The van der Waals surface area contributed by atoms with E-state index in [9.17, 15) is 9.59 Å². The van der Waals surface area contributed by atoms with Gasteiger partial charge < -0.3 is 15.4 Å². The Hall–Kier alpha value is -2.04. The van der Waals surface area contributed by atoms with E-state index in [2.05, 4.69) is 17.6 Å². The third-order valence-electron chi connectivity index (χ3n) is 3.93. The molecular weight excluding hydrogens is 304 g/mol. The van der Waals surface area contributed by atoms with Gasteiger partial charge in [-0.2, -0.15) is 0 Å². The standard InChI is InChI=1S/C19H30N2O3/c1-5-6-7-8-14(2)20-19(23)13-18(21-15(3)22)16-9-11-17(24-4)12-10-16/h9-12,14,18H,5-8,13H2,1-4H3,(H,20,23)(H,21,22)/t14-,18-/m1/s1. The Morgan fingerprint density at radius 3 is 2.33 bits per heavy atom. The average Bonchev–Trinajstić information content (AvgIpc) is 2.54. The number of methoxy groups -OCH3 is 1. The molecule has 1 rings (SSSR count). The highest BCUT2D eigenvalue weighted by atomic mass is 16.5. The van der Waals surface area contributed by atoms with Crippen molar-refractivity contribution in [3.63, 3.8) is 0 Å². The van der Waals surface area contributed by atoms with Crippen LogP contribution in [0.4, 0.5) is 0 Å². The highest BCUT2D eigenvalue weighted by Crippen LogP contribution is 2.20. The van der Waals surface area contributed by atoms with Gasteiger partial charge >= 0.3 is 0 Å². The molecule has 0 aromatic heterocycles. The normalized spacial score (nSPS) is 13.0. The SMILES string of the molecule is CCCCC[C@@H](C)NC(=O)C[C@@H](NC(C)=O)c1ccc(OC)cc1. The zero-order valence-electron chi connectivity index (χ0n) is 15.2. The number of rotatable bonds is 10. The number of ether oxygens (including phenoxy) is 1. The lowest BCUT2D eigenvalue weighted by Gasteiger charge is -2.20. The van der Waals surface area contributed by atoms with Gasteiger partial charge in [-0.3, -0.25) is 9.59 Å². The van der Waals surface area contributed by atoms with E-state index >= 15 is 0 Å². The number of unbranched alkanes of at least 4 members (excludes halogenated alkanes) is 2. The first kappa shape index (κ1) is 20.0. The second-order valence-corrected chi connectivity index (χ2v) is 6.19. The van der Waals surface area contributed by atoms with E-state index in [-0.39, 0.29) is 30.3 Å². The fourth-order valence-electron chi connectivity index (χ4n) is 2.63. The molecule has 0 aliphatic rings. The summed E-state index contributed by atoms with van der Waals surface area (Å²) in [7, 11) is 1.60. The number of hydrogen-bond acceptors (Lipinski definition) is 3. The number of hydrogen-bond donors (Lipinski definition) is 2. The highest BCUT2D eigenvalue weighted by Gasteiger charge is 2.18. The van der Waals surface area contributed by atoms with E-state index in [1.165, 1.54) is 19.8 Å². The molecule has 2 amide bonds. The Balaban J connectivity index is 2.64. The van der Waals surface area contributed by atoms with Crippen molar-refractivity contribution in [1.82, 2.24) is 10.6 Å². The summed E-state index contributed by atoms with van der Waals surface area (Å²) in [6.45, 7) is 5.65. The first-order valence-electron chi connectivity index (χ1n) is 8.66. The van der Waals surface area contributed by atoms with Gasteiger partial charge in [0, 0.05) is 13.0 Å². The fraction of sp³-hybridized carbons (Fsp3) is 0.579. The summed E-state index contributed by atoms with van der Waals surface area (Å²) in [5.41, 5.74) is 0.889. The Morgan fingerprint density at radius 1 is 1.12 bits per heavy atom. The van der Waals surface area contributed by atoms with Gasteiger partial charge in [-0.05, 0) is 31.0 Å². The Kier molecular flexibility index (Phi) is 8.90. The van der Waals surface area contributed by atoms with E-state index in [4.69, 9.17) is 4.74 Å². The van der Waals surface area contributed by atoms with Gasteiger partial charge in [0.05, 0.1) is 19.6 Å². The van der Waals surface area contributed by atoms with Gasteiger partial charge in [0.25, 0.3) is 0 Å². The highest BCUT2D eigenvalue weighted by molar-refractivity contribution is 5.79. The molecule has 24 heavy (non-hydrogen) atoms. The zero-order chi connectivity index (χ0) is 17.9. The second kappa shape index (κ2) is 10.7. The maximum atomic E-state index is 12.3. The molecule has 0 saturated carbocycles. The monoisotopic (exact) mass is 334 g/mol. The molecule has 0 radical (unpaired) electrons. The quantitative estimate of drug-likeness (QED) is 0.645. The van der Waals surface area contributed by atoms with Crippen LogP contribution in [0, 0.1) is 0 Å². The lowest BCUT2D eigenvalue weighted by Crippen LogP contribution is -2.36. The molecule has 0 bridgehead atoms. The summed E-state index contributed by atoms with van der Waals surface area (Å²) < 4.78 is 5.14. The largest absolute Gasteiger partial charge is 0.497 e. The molecule has 2 atom stereocenters. The van der Waals surface area contributed by atoms with Gasteiger partial charge in [-0.25, -0.2) is 0 Å². The summed E-state index contributed by atoms with van der Waals surface area (Å²) in [6, 6.07) is 7.22. The minimum absolute atomic E-state index is 0.0476. The van der Waals surface area contributed by atoms with Crippen molar-refractivity contribution >= 4 is 11.8 Å². The predicted molar refractivity (Wildman–Crippen MR) is 95.9 cm³/mol. The van der Waals surface area contributed by atoms with Crippen LogP contribution in [0.3, 0.4) is 0 Å². The van der Waals surface area contributed by atoms with Crippen molar-refractivity contribution in [3.8, 4) is 5.75 Å². The summed E-state index contributed by atoms with van der Waals surface area (Å²) in [4.78, 5) is 23.7. The van der Waals surface area contributed by atoms with E-state index < -0.39 is 0 Å². The van der Waals surface area contributed by atoms with Crippen molar-refractivity contribution < 1.29 is 14.3 Å². The van der Waals surface area contributed by atoms with Crippen LogP contribution in [0.15, 0.2) is 24.3 Å². The third kappa shape index (κ3) is 7.49. The Labute approximate surface area is 145 Å². The number of nitrogens with one attached hydrogen (secondary N) is 2. The number of benzene rings is 1. The van der Waals surface area contributed by atoms with Crippen molar-refractivity contribution in [3.05, 3.63) is 29.8 Å². The summed E-state index contributed by atoms with van der Waals surface area (Å²) in [5, 5.41) is 5.87. The van der Waals surface area contributed by atoms with Crippen LogP contribution in [0.25, 0.3) is 0 Å². The molecule has 134 valence electrons. The molecule has 0 fully saturated rings. The van der Waals surface area contributed by atoms with Crippen molar-refractivity contribution in [2.75, 3.05) is 7.11 Å². The van der Waals surface area contributed by atoms with Crippen molar-refractivity contribution in [1.29, 1.82) is 0 Å². The molecule has 0 spiro atoms. The Morgan fingerprint density at radius 2 is 1.79 bits per heavy atom. The van der Waals surface area contributed by atoms with E-state index in [0.717, 1.165) is 24.2 Å². The number of carbonyl (C=O) groups excluding carboxylic acids is 2. The maximum Gasteiger partial charge on any atom is 0.222 e. The first-order chi connectivity index (χ1) is 11.5. The van der Waals surface area contributed by atoms with Gasteiger partial charge in [-0.15, -0.1) is 0 Å². The molecule has 0 unspecified atom stereocenters. The maximum absolute atomic E-state index is 12.3. The van der Waals surface area contributed by atoms with Crippen LogP contribution in [-0.4, -0.2) is 25.0 Å². The average molecular weight is 334 g/mol. The summed E-state index contributed by atoms with van der Waals surface area (Å²) in [5.74, 6) is 0.544. The molecule has 2 N–H and O–H groups in total. The van der Waals surface area contributed by atoms with Crippen LogP contribution in [0.2, 0.25) is 0 Å². The molecule has 5 heteroatoms. The molecule has 0 aliphatic carbocycles. The predicted octanol–water partition coefficient (Wildman–Crippen LogP) is 3.35. The van der Waals surface area contributed by atoms with Gasteiger partial charge in [0.2, 0.25) is 11.8 Å². The minimum atomic E-state index is -0.337. The number of carbonyl (C=O) groups is 2. The van der Waals surface area contributed by atoms with Gasteiger partial charge in [0.1, 0.15) is 5.75 Å². The van der Waals surface area contributed by atoms with Gasteiger partial charge in [0.15, 0.2) is 0 Å². The molecular formula is C19H30N2O3. The van der Waals surface area contributed by atoms with E-state index in [1.807, 2.05) is 31.2 Å². The van der Waals surface area contributed by atoms with Crippen LogP contribution < -0.4 is 15.4 Å². The topological polar surface area (TPSA) is 67.4 Å². The van der Waals surface area contributed by atoms with Crippen molar-refractivity contribution in [2.24, 2.45) is 0 Å². The van der Waals surface area contributed by atoms with E-state index in [1.54, 1.807) is 7.11 Å². The molecule has 0 heterocycles. The zero-order valence-corrected chi connectivity index (χ0v) is 15.2. The Bertz CT molecular complexity index is 514. The molecule has 1 aromatic rings. The lowest BCUT2D eigenvalue weighted by atomic mass is 10.0. The van der Waals surface area contributed by atoms with Crippen molar-refractivity contribution in [2.45, 2.75) is 65.0 Å².